The number of carboxylic acid groups (broad SMARTS) is 1. The minimum absolute atomic E-state index is 0.227. The summed E-state index contributed by atoms with van der Waals surface area (Å²) in [5, 5.41) is 9.93. The highest BCUT2D eigenvalue weighted by molar-refractivity contribution is 5.85. The second-order valence-electron chi connectivity index (χ2n) is 4.38. The van der Waals surface area contributed by atoms with Gasteiger partial charge in [0.2, 0.25) is 0 Å². The number of nitrogens with zero attached hydrogens (tertiary/aromatic N) is 1. The highest BCUT2D eigenvalue weighted by Gasteiger charge is 2.09. The third-order valence-corrected chi connectivity index (χ3v) is 3.32. The molecule has 17 heavy (non-hydrogen) atoms. The van der Waals surface area contributed by atoms with E-state index in [9.17, 15) is 4.79 Å². The first-order valence-electron chi connectivity index (χ1n) is 5.87. The minimum atomic E-state index is -0.726. The molecule has 0 spiro atoms. The molecule has 3 heteroatoms. The van der Waals surface area contributed by atoms with Gasteiger partial charge >= 0.3 is 5.97 Å². The summed E-state index contributed by atoms with van der Waals surface area (Å²) >= 11 is 0. The fourth-order valence-corrected chi connectivity index (χ4v) is 2.28. The molecular weight excluding hydrogens is 214 g/mol. The molecule has 0 aliphatic carbocycles. The van der Waals surface area contributed by atoms with Crippen LogP contribution in [0.25, 0.3) is 10.9 Å². The van der Waals surface area contributed by atoms with Gasteiger partial charge in [-0.25, -0.2) is 0 Å². The zero-order valence-corrected chi connectivity index (χ0v) is 10.2. The molecule has 0 amide bonds. The SMILES string of the molecule is Cc1c(C)n(CCCC(=O)O)c2ccccc12. The average Bonchev–Trinajstić information content (AvgIpc) is 2.54. The average molecular weight is 231 g/mol. The van der Waals surface area contributed by atoms with Gasteiger partial charge < -0.3 is 9.67 Å². The Morgan fingerprint density at radius 2 is 2.00 bits per heavy atom. The van der Waals surface area contributed by atoms with Crippen LogP contribution in [0.4, 0.5) is 0 Å². The monoisotopic (exact) mass is 231 g/mol. The van der Waals surface area contributed by atoms with E-state index in [0.717, 1.165) is 6.54 Å². The largest absolute Gasteiger partial charge is 0.481 e. The maximum Gasteiger partial charge on any atom is 0.303 e. The van der Waals surface area contributed by atoms with E-state index in [1.165, 1.54) is 22.2 Å². The first kappa shape index (κ1) is 11.7. The molecule has 0 aliphatic rings. The summed E-state index contributed by atoms with van der Waals surface area (Å²) in [6.45, 7) is 4.98. The van der Waals surface area contributed by atoms with E-state index in [1.807, 2.05) is 12.1 Å². The smallest absolute Gasteiger partial charge is 0.303 e. The van der Waals surface area contributed by atoms with Crippen LogP contribution in [0, 0.1) is 13.8 Å². The van der Waals surface area contributed by atoms with E-state index in [0.29, 0.717) is 6.42 Å². The van der Waals surface area contributed by atoms with E-state index in [1.54, 1.807) is 0 Å². The number of aliphatic carboxylic acids is 1. The van der Waals surface area contributed by atoms with Gasteiger partial charge in [-0.15, -0.1) is 0 Å². The van der Waals surface area contributed by atoms with Gasteiger partial charge in [-0.05, 0) is 31.9 Å². The molecule has 0 fully saturated rings. The van der Waals surface area contributed by atoms with Gasteiger partial charge in [0.05, 0.1) is 0 Å². The molecule has 0 bridgehead atoms. The van der Waals surface area contributed by atoms with Gasteiger partial charge in [0.25, 0.3) is 0 Å². The predicted molar refractivity (Wildman–Crippen MR) is 68.3 cm³/mol. The third kappa shape index (κ3) is 2.18. The van der Waals surface area contributed by atoms with Crippen LogP contribution in [0.2, 0.25) is 0 Å². The minimum Gasteiger partial charge on any atom is -0.481 e. The number of para-hydroxylation sites is 1. The lowest BCUT2D eigenvalue weighted by Crippen LogP contribution is -2.03. The Bertz CT molecular complexity index is 555. The van der Waals surface area contributed by atoms with Crippen LogP contribution in [0.1, 0.15) is 24.1 Å². The van der Waals surface area contributed by atoms with Crippen molar-refractivity contribution in [1.29, 1.82) is 0 Å². The summed E-state index contributed by atoms with van der Waals surface area (Å²) in [5.74, 6) is -0.726. The number of aryl methyl sites for hydroxylation is 2. The lowest BCUT2D eigenvalue weighted by molar-refractivity contribution is -0.137. The molecule has 2 aromatic rings. The van der Waals surface area contributed by atoms with Crippen LogP contribution in [-0.4, -0.2) is 15.6 Å². The molecule has 0 atom stereocenters. The highest BCUT2D eigenvalue weighted by atomic mass is 16.4. The Hall–Kier alpha value is -1.77. The Balaban J connectivity index is 2.33. The summed E-state index contributed by atoms with van der Waals surface area (Å²) < 4.78 is 2.22. The lowest BCUT2D eigenvalue weighted by Gasteiger charge is -2.07. The van der Waals surface area contributed by atoms with Crippen LogP contribution in [0.15, 0.2) is 24.3 Å². The molecule has 3 nitrogen and oxygen atoms in total. The molecule has 0 radical (unpaired) electrons. The number of benzene rings is 1. The van der Waals surface area contributed by atoms with Crippen molar-refractivity contribution < 1.29 is 9.90 Å². The van der Waals surface area contributed by atoms with Crippen molar-refractivity contribution in [2.24, 2.45) is 0 Å². The maximum atomic E-state index is 10.5. The molecule has 1 heterocycles. The molecule has 90 valence electrons. The van der Waals surface area contributed by atoms with Gasteiger partial charge in [-0.1, -0.05) is 18.2 Å². The standard InChI is InChI=1S/C14H17NO2/c1-10-11(2)15(9-5-8-14(16)17)13-7-4-3-6-12(10)13/h3-4,6-7H,5,8-9H2,1-2H3,(H,16,17). The van der Waals surface area contributed by atoms with Crippen LogP contribution in [0.5, 0.6) is 0 Å². The molecular formula is C14H17NO2. The van der Waals surface area contributed by atoms with Gasteiger partial charge in [0, 0.05) is 29.6 Å². The summed E-state index contributed by atoms with van der Waals surface area (Å²) in [6, 6.07) is 8.27. The number of carboxylic acids is 1. The molecule has 1 aromatic heterocycles. The van der Waals surface area contributed by atoms with Crippen molar-refractivity contribution in [2.75, 3.05) is 0 Å². The summed E-state index contributed by atoms with van der Waals surface area (Å²) in [5.41, 5.74) is 3.72. The molecule has 0 unspecified atom stereocenters. The molecule has 0 aliphatic heterocycles. The van der Waals surface area contributed by atoms with E-state index < -0.39 is 5.97 Å². The maximum absolute atomic E-state index is 10.5. The lowest BCUT2D eigenvalue weighted by atomic mass is 10.2. The topological polar surface area (TPSA) is 42.2 Å². The molecule has 1 aromatic carbocycles. The predicted octanol–water partition coefficient (Wildman–Crippen LogP) is 3.12. The zero-order chi connectivity index (χ0) is 12.4. The fourth-order valence-electron chi connectivity index (χ4n) is 2.28. The summed E-state index contributed by atoms with van der Waals surface area (Å²) in [6.07, 6.45) is 0.902. The quantitative estimate of drug-likeness (QED) is 0.878. The zero-order valence-electron chi connectivity index (χ0n) is 10.2. The van der Waals surface area contributed by atoms with E-state index >= 15 is 0 Å². The van der Waals surface area contributed by atoms with E-state index in [2.05, 4.69) is 30.5 Å². The Morgan fingerprint density at radius 3 is 2.71 bits per heavy atom. The second kappa shape index (κ2) is 4.62. The number of fused-ring (bicyclic) bond motifs is 1. The van der Waals surface area contributed by atoms with Crippen molar-refractivity contribution in [3.05, 3.63) is 35.5 Å². The summed E-state index contributed by atoms with van der Waals surface area (Å²) in [7, 11) is 0. The third-order valence-electron chi connectivity index (χ3n) is 3.32. The number of rotatable bonds is 4. The molecule has 1 N–H and O–H groups in total. The van der Waals surface area contributed by atoms with Gasteiger partial charge in [0.15, 0.2) is 0 Å². The van der Waals surface area contributed by atoms with Crippen molar-refractivity contribution in [2.45, 2.75) is 33.2 Å². The number of aromatic nitrogens is 1. The van der Waals surface area contributed by atoms with Crippen LogP contribution < -0.4 is 0 Å². The van der Waals surface area contributed by atoms with Crippen molar-refractivity contribution >= 4 is 16.9 Å². The fraction of sp³-hybridized carbons (Fsp3) is 0.357. The first-order chi connectivity index (χ1) is 8.11. The van der Waals surface area contributed by atoms with E-state index in [4.69, 9.17) is 5.11 Å². The number of hydrogen-bond acceptors (Lipinski definition) is 1. The van der Waals surface area contributed by atoms with Crippen molar-refractivity contribution in [1.82, 2.24) is 4.57 Å². The molecule has 0 saturated heterocycles. The van der Waals surface area contributed by atoms with Crippen LogP contribution in [-0.2, 0) is 11.3 Å². The Morgan fingerprint density at radius 1 is 1.29 bits per heavy atom. The Labute approximate surface area is 101 Å². The second-order valence-corrected chi connectivity index (χ2v) is 4.38. The van der Waals surface area contributed by atoms with Crippen LogP contribution in [0.3, 0.4) is 0 Å². The van der Waals surface area contributed by atoms with Gasteiger partial charge in [-0.3, -0.25) is 4.79 Å². The normalized spacial score (nSPS) is 10.9. The Kier molecular flexibility index (Phi) is 3.18. The first-order valence-corrected chi connectivity index (χ1v) is 5.87. The molecule has 2 rings (SSSR count). The van der Waals surface area contributed by atoms with Crippen molar-refractivity contribution in [3.63, 3.8) is 0 Å². The molecule has 0 saturated carbocycles. The van der Waals surface area contributed by atoms with Crippen LogP contribution >= 0.6 is 0 Å². The number of carbonyl (C=O) groups is 1. The number of hydrogen-bond donors (Lipinski definition) is 1. The van der Waals surface area contributed by atoms with Crippen molar-refractivity contribution in [3.8, 4) is 0 Å². The van der Waals surface area contributed by atoms with Gasteiger partial charge in [0.1, 0.15) is 0 Å². The van der Waals surface area contributed by atoms with E-state index in [-0.39, 0.29) is 6.42 Å². The van der Waals surface area contributed by atoms with Gasteiger partial charge in [-0.2, -0.15) is 0 Å². The summed E-state index contributed by atoms with van der Waals surface area (Å²) in [4.78, 5) is 10.5. The highest BCUT2D eigenvalue weighted by Crippen LogP contribution is 2.25.